The molecule has 0 radical (unpaired) electrons. The van der Waals surface area contributed by atoms with Crippen LogP contribution in [0.5, 0.6) is 0 Å². The van der Waals surface area contributed by atoms with Crippen LogP contribution >= 0.6 is 0 Å². The second-order valence-electron chi connectivity index (χ2n) is 9.66. The maximum absolute atomic E-state index is 14.1. The van der Waals surface area contributed by atoms with Crippen molar-refractivity contribution in [1.29, 1.82) is 0 Å². The van der Waals surface area contributed by atoms with Gasteiger partial charge in [0.2, 0.25) is 0 Å². The van der Waals surface area contributed by atoms with Gasteiger partial charge in [-0.2, -0.15) is 0 Å². The first kappa shape index (κ1) is 23.6. The Labute approximate surface area is 185 Å². The number of piperazine rings is 1. The van der Waals surface area contributed by atoms with Gasteiger partial charge in [0.25, 0.3) is 0 Å². The van der Waals surface area contributed by atoms with Crippen molar-refractivity contribution in [3.8, 4) is 0 Å². The molecule has 0 saturated carbocycles. The second kappa shape index (κ2) is 10.5. The van der Waals surface area contributed by atoms with Gasteiger partial charge in [-0.3, -0.25) is 4.90 Å². The van der Waals surface area contributed by atoms with E-state index in [1.165, 1.54) is 6.07 Å². The Hall–Kier alpha value is -2.06. The standard InChI is InChI=1S/C23H38FN5O2/c1-23(2,3)31-22(30)26-19-7-11-27(12-8-19)9-4-10-28-13-15-29(16-14-28)21-6-5-18(25)17-20(21)24/h5-6,17,19H,4,7-16,25H2,1-3H3,(H,26,30). The molecule has 174 valence electrons. The summed E-state index contributed by atoms with van der Waals surface area (Å²) in [6.45, 7) is 13.4. The van der Waals surface area contributed by atoms with Gasteiger partial charge in [-0.05, 0) is 71.3 Å². The van der Waals surface area contributed by atoms with E-state index in [2.05, 4.69) is 20.0 Å². The fraction of sp³-hybridized carbons (Fsp3) is 0.696. The minimum absolute atomic E-state index is 0.202. The Balaban J connectivity index is 1.29. The molecule has 2 fully saturated rings. The molecular weight excluding hydrogens is 397 g/mol. The van der Waals surface area contributed by atoms with Crippen LogP contribution < -0.4 is 16.0 Å². The maximum atomic E-state index is 14.1. The van der Waals surface area contributed by atoms with Gasteiger partial charge < -0.3 is 25.6 Å². The summed E-state index contributed by atoms with van der Waals surface area (Å²) in [4.78, 5) is 19.0. The zero-order valence-corrected chi connectivity index (χ0v) is 19.2. The second-order valence-corrected chi connectivity index (χ2v) is 9.66. The number of anilines is 2. The number of alkyl carbamates (subject to hydrolysis) is 1. The lowest BCUT2D eigenvalue weighted by Crippen LogP contribution is -2.48. The first-order chi connectivity index (χ1) is 14.7. The highest BCUT2D eigenvalue weighted by Crippen LogP contribution is 2.23. The Bertz CT molecular complexity index is 723. The number of piperidine rings is 1. The van der Waals surface area contributed by atoms with E-state index in [0.29, 0.717) is 11.4 Å². The molecule has 8 heteroatoms. The Kier molecular flexibility index (Phi) is 8.00. The minimum Gasteiger partial charge on any atom is -0.444 e. The molecule has 2 aliphatic heterocycles. The van der Waals surface area contributed by atoms with Crippen LogP contribution in [0.15, 0.2) is 18.2 Å². The number of ether oxygens (including phenoxy) is 1. The Morgan fingerprint density at radius 2 is 1.71 bits per heavy atom. The van der Waals surface area contributed by atoms with Gasteiger partial charge in [-0.25, -0.2) is 9.18 Å². The van der Waals surface area contributed by atoms with E-state index in [1.54, 1.807) is 12.1 Å². The third-order valence-corrected chi connectivity index (χ3v) is 5.94. The summed E-state index contributed by atoms with van der Waals surface area (Å²) in [5.74, 6) is -0.238. The molecule has 0 aromatic heterocycles. The fourth-order valence-electron chi connectivity index (χ4n) is 4.29. The first-order valence-corrected chi connectivity index (χ1v) is 11.4. The van der Waals surface area contributed by atoms with E-state index in [-0.39, 0.29) is 18.0 Å². The lowest BCUT2D eigenvalue weighted by molar-refractivity contribution is 0.0478. The van der Waals surface area contributed by atoms with Gasteiger partial charge in [-0.1, -0.05) is 0 Å². The summed E-state index contributed by atoms with van der Waals surface area (Å²) in [6, 6.07) is 5.14. The number of rotatable bonds is 6. The number of nitrogens with one attached hydrogen (secondary N) is 1. The Morgan fingerprint density at radius 1 is 1.10 bits per heavy atom. The van der Waals surface area contributed by atoms with Crippen LogP contribution in [0.3, 0.4) is 0 Å². The molecule has 0 unspecified atom stereocenters. The summed E-state index contributed by atoms with van der Waals surface area (Å²) in [6.07, 6.45) is 2.74. The third-order valence-electron chi connectivity index (χ3n) is 5.94. The highest BCUT2D eigenvalue weighted by Gasteiger charge is 2.24. The molecule has 0 bridgehead atoms. The molecule has 3 rings (SSSR count). The Morgan fingerprint density at radius 3 is 2.29 bits per heavy atom. The van der Waals surface area contributed by atoms with Crippen molar-refractivity contribution in [2.75, 3.05) is 63.0 Å². The van der Waals surface area contributed by atoms with Crippen molar-refractivity contribution in [1.82, 2.24) is 15.1 Å². The number of nitrogens with two attached hydrogens (primary N) is 1. The van der Waals surface area contributed by atoms with Crippen molar-refractivity contribution in [2.45, 2.75) is 51.7 Å². The number of nitrogens with zero attached hydrogens (tertiary/aromatic N) is 3. The van der Waals surface area contributed by atoms with Crippen molar-refractivity contribution >= 4 is 17.5 Å². The van der Waals surface area contributed by atoms with Gasteiger partial charge in [-0.15, -0.1) is 0 Å². The molecule has 7 nitrogen and oxygen atoms in total. The topological polar surface area (TPSA) is 74.1 Å². The zero-order chi connectivity index (χ0) is 22.4. The number of hydrogen-bond donors (Lipinski definition) is 2. The molecule has 0 spiro atoms. The molecule has 0 aliphatic carbocycles. The summed E-state index contributed by atoms with van der Waals surface area (Å²) in [5.41, 5.74) is 6.30. The van der Waals surface area contributed by atoms with E-state index < -0.39 is 5.60 Å². The predicted molar refractivity (Wildman–Crippen MR) is 123 cm³/mol. The monoisotopic (exact) mass is 435 g/mol. The lowest BCUT2D eigenvalue weighted by Gasteiger charge is -2.37. The van der Waals surface area contributed by atoms with Gasteiger partial charge in [0.15, 0.2) is 0 Å². The van der Waals surface area contributed by atoms with Gasteiger partial charge in [0.1, 0.15) is 11.4 Å². The largest absolute Gasteiger partial charge is 0.444 e. The molecule has 31 heavy (non-hydrogen) atoms. The number of benzene rings is 1. The summed E-state index contributed by atoms with van der Waals surface area (Å²) < 4.78 is 19.5. The average molecular weight is 436 g/mol. The predicted octanol–water partition coefficient (Wildman–Crippen LogP) is 2.91. The van der Waals surface area contributed by atoms with Crippen molar-refractivity contribution in [3.63, 3.8) is 0 Å². The molecule has 0 atom stereocenters. The quantitative estimate of drug-likeness (QED) is 0.670. The van der Waals surface area contributed by atoms with Gasteiger partial charge >= 0.3 is 6.09 Å². The average Bonchev–Trinajstić information content (AvgIpc) is 2.69. The number of likely N-dealkylation sites (tertiary alicyclic amines) is 1. The molecule has 1 aromatic carbocycles. The van der Waals surface area contributed by atoms with Crippen LogP contribution in [0.2, 0.25) is 0 Å². The zero-order valence-electron chi connectivity index (χ0n) is 19.2. The number of carbonyl (C=O) groups is 1. The summed E-state index contributed by atoms with van der Waals surface area (Å²) in [5, 5.41) is 2.99. The fourth-order valence-corrected chi connectivity index (χ4v) is 4.29. The van der Waals surface area contributed by atoms with E-state index >= 15 is 0 Å². The van der Waals surface area contributed by atoms with E-state index in [9.17, 15) is 9.18 Å². The molecule has 2 saturated heterocycles. The number of amides is 1. The molecule has 2 aliphatic rings. The van der Waals surface area contributed by atoms with Crippen LogP contribution in [0.4, 0.5) is 20.6 Å². The normalized spacial score (nSPS) is 19.4. The van der Waals surface area contributed by atoms with Gasteiger partial charge in [0, 0.05) is 51.0 Å². The van der Waals surface area contributed by atoms with Crippen molar-refractivity contribution in [3.05, 3.63) is 24.0 Å². The molecule has 1 amide bonds. The van der Waals surface area contributed by atoms with E-state index in [0.717, 1.165) is 71.6 Å². The minimum atomic E-state index is -0.459. The van der Waals surface area contributed by atoms with Crippen molar-refractivity contribution in [2.24, 2.45) is 0 Å². The van der Waals surface area contributed by atoms with Crippen LogP contribution in [-0.2, 0) is 4.74 Å². The smallest absolute Gasteiger partial charge is 0.407 e. The van der Waals surface area contributed by atoms with Crippen LogP contribution in [0.1, 0.15) is 40.0 Å². The summed E-state index contributed by atoms with van der Waals surface area (Å²) >= 11 is 0. The van der Waals surface area contributed by atoms with Crippen LogP contribution in [-0.4, -0.2) is 79.9 Å². The third kappa shape index (κ3) is 7.54. The maximum Gasteiger partial charge on any atom is 0.407 e. The summed E-state index contributed by atoms with van der Waals surface area (Å²) in [7, 11) is 0. The molecule has 1 aromatic rings. The first-order valence-electron chi connectivity index (χ1n) is 11.4. The van der Waals surface area contributed by atoms with E-state index in [4.69, 9.17) is 10.5 Å². The van der Waals surface area contributed by atoms with E-state index in [1.807, 2.05) is 20.8 Å². The highest BCUT2D eigenvalue weighted by molar-refractivity contribution is 5.68. The SMILES string of the molecule is CC(C)(C)OC(=O)NC1CCN(CCCN2CCN(c3ccc(N)cc3F)CC2)CC1. The van der Waals surface area contributed by atoms with Crippen LogP contribution in [0, 0.1) is 5.82 Å². The highest BCUT2D eigenvalue weighted by atomic mass is 19.1. The number of carbonyl (C=O) groups excluding carboxylic acids is 1. The van der Waals surface area contributed by atoms with Crippen molar-refractivity contribution < 1.29 is 13.9 Å². The molecular formula is C23H38FN5O2. The lowest BCUT2D eigenvalue weighted by atomic mass is 10.1. The molecule has 2 heterocycles. The van der Waals surface area contributed by atoms with Gasteiger partial charge in [0.05, 0.1) is 5.69 Å². The number of nitrogen functional groups attached to an aromatic ring is 1. The number of halogens is 1. The number of hydrogen-bond acceptors (Lipinski definition) is 6. The van der Waals surface area contributed by atoms with Crippen LogP contribution in [0.25, 0.3) is 0 Å². The molecule has 3 N–H and O–H groups in total.